The lowest BCUT2D eigenvalue weighted by molar-refractivity contribution is 0.0730. The molecule has 3 aromatic rings. The Labute approximate surface area is 203 Å². The molecule has 0 saturated carbocycles. The van der Waals surface area contributed by atoms with Gasteiger partial charge in [0.1, 0.15) is 12.7 Å². The molecule has 0 spiro atoms. The van der Waals surface area contributed by atoms with Crippen LogP contribution < -0.4 is 10.2 Å². The van der Waals surface area contributed by atoms with Crippen LogP contribution in [-0.4, -0.2) is 86.0 Å². The molecule has 0 unspecified atom stereocenters. The smallest absolute Gasteiger partial charge is 0.255 e. The van der Waals surface area contributed by atoms with Crippen LogP contribution in [0.3, 0.4) is 0 Å². The monoisotopic (exact) mass is 498 g/mol. The van der Waals surface area contributed by atoms with E-state index in [1.807, 2.05) is 0 Å². The molecule has 0 radical (unpaired) electrons. The SMILES string of the molecule is O=C(Nc1cc(S(=O)(=O)N2CCOCC2)ccc1N1CCOCC1)c1ccc(-n2cncn2)cc1. The van der Waals surface area contributed by atoms with Crippen molar-refractivity contribution in [1.29, 1.82) is 0 Å². The van der Waals surface area contributed by atoms with Crippen LogP contribution in [0.1, 0.15) is 10.4 Å². The molecule has 1 aromatic heterocycles. The van der Waals surface area contributed by atoms with Gasteiger partial charge in [0.15, 0.2) is 0 Å². The number of benzene rings is 2. The Hall–Kier alpha value is -3.32. The number of carbonyl (C=O) groups is 1. The van der Waals surface area contributed by atoms with Crippen molar-refractivity contribution in [3.8, 4) is 5.69 Å². The molecule has 11 nitrogen and oxygen atoms in total. The molecule has 35 heavy (non-hydrogen) atoms. The minimum Gasteiger partial charge on any atom is -0.379 e. The third-order valence-electron chi connectivity index (χ3n) is 5.99. The highest BCUT2D eigenvalue weighted by atomic mass is 32.2. The second kappa shape index (κ2) is 10.1. The summed E-state index contributed by atoms with van der Waals surface area (Å²) < 4.78 is 40.2. The Morgan fingerprint density at radius 2 is 1.60 bits per heavy atom. The number of nitrogens with zero attached hydrogens (tertiary/aromatic N) is 5. The summed E-state index contributed by atoms with van der Waals surface area (Å²) in [7, 11) is -3.72. The van der Waals surface area contributed by atoms with Crippen LogP contribution in [-0.2, 0) is 19.5 Å². The zero-order chi connectivity index (χ0) is 24.3. The van der Waals surface area contributed by atoms with Crippen LogP contribution in [0.4, 0.5) is 11.4 Å². The number of carbonyl (C=O) groups excluding carboxylic acids is 1. The lowest BCUT2D eigenvalue weighted by Gasteiger charge is -2.31. The minimum atomic E-state index is -3.72. The van der Waals surface area contributed by atoms with Crippen molar-refractivity contribution in [3.05, 3.63) is 60.7 Å². The van der Waals surface area contributed by atoms with Gasteiger partial charge in [0.25, 0.3) is 5.91 Å². The van der Waals surface area contributed by atoms with Gasteiger partial charge >= 0.3 is 0 Å². The number of aromatic nitrogens is 3. The van der Waals surface area contributed by atoms with E-state index in [0.717, 1.165) is 11.4 Å². The van der Waals surface area contributed by atoms with Crippen molar-refractivity contribution in [2.75, 3.05) is 62.8 Å². The number of morpholine rings is 2. The fourth-order valence-corrected chi connectivity index (χ4v) is 5.53. The van der Waals surface area contributed by atoms with Crippen molar-refractivity contribution in [2.45, 2.75) is 4.90 Å². The standard InChI is InChI=1S/C23H26N6O5S/c30-23(18-1-3-19(4-2-18)29-17-24-16-25-29)26-21-15-20(35(31,32)28-9-13-34-14-10-28)5-6-22(21)27-7-11-33-12-8-27/h1-6,15-17H,7-14H2,(H,26,30). The highest BCUT2D eigenvalue weighted by Gasteiger charge is 2.28. The van der Waals surface area contributed by atoms with Crippen molar-refractivity contribution in [3.63, 3.8) is 0 Å². The van der Waals surface area contributed by atoms with Gasteiger partial charge in [0.2, 0.25) is 10.0 Å². The Morgan fingerprint density at radius 1 is 0.914 bits per heavy atom. The number of rotatable bonds is 6. The number of hydrogen-bond donors (Lipinski definition) is 1. The molecular weight excluding hydrogens is 472 g/mol. The number of ether oxygens (including phenoxy) is 2. The van der Waals surface area contributed by atoms with Crippen molar-refractivity contribution in [1.82, 2.24) is 19.1 Å². The average molecular weight is 499 g/mol. The van der Waals surface area contributed by atoms with Gasteiger partial charge in [0.05, 0.1) is 48.4 Å². The molecule has 2 fully saturated rings. The summed E-state index contributed by atoms with van der Waals surface area (Å²) in [5, 5.41) is 7.01. The third-order valence-corrected chi connectivity index (χ3v) is 7.88. The first-order chi connectivity index (χ1) is 17.0. The Balaban J connectivity index is 1.44. The van der Waals surface area contributed by atoms with Crippen molar-refractivity contribution in [2.24, 2.45) is 0 Å². The molecule has 1 amide bonds. The van der Waals surface area contributed by atoms with E-state index in [-0.39, 0.29) is 10.8 Å². The van der Waals surface area contributed by atoms with Crippen LogP contribution >= 0.6 is 0 Å². The maximum Gasteiger partial charge on any atom is 0.255 e. The van der Waals surface area contributed by atoms with Crippen LogP contribution in [0.5, 0.6) is 0 Å². The molecule has 0 aliphatic carbocycles. The van der Waals surface area contributed by atoms with E-state index in [4.69, 9.17) is 9.47 Å². The van der Waals surface area contributed by atoms with Gasteiger partial charge in [-0.25, -0.2) is 18.1 Å². The molecule has 2 aliphatic rings. The predicted octanol–water partition coefficient (Wildman–Crippen LogP) is 1.38. The van der Waals surface area contributed by atoms with E-state index in [9.17, 15) is 13.2 Å². The third kappa shape index (κ3) is 5.05. The zero-order valence-corrected chi connectivity index (χ0v) is 19.9. The van der Waals surface area contributed by atoms with Crippen LogP contribution in [0.15, 0.2) is 60.0 Å². The lowest BCUT2D eigenvalue weighted by atomic mass is 10.1. The first-order valence-electron chi connectivity index (χ1n) is 11.3. The summed E-state index contributed by atoms with van der Waals surface area (Å²) in [6.45, 7) is 3.73. The van der Waals surface area contributed by atoms with E-state index in [2.05, 4.69) is 20.3 Å². The minimum absolute atomic E-state index is 0.133. The fourth-order valence-electron chi connectivity index (χ4n) is 4.09. The molecule has 2 aliphatic heterocycles. The molecule has 2 saturated heterocycles. The second-order valence-corrected chi connectivity index (χ2v) is 10.1. The number of amides is 1. The molecule has 5 rings (SSSR count). The molecule has 12 heteroatoms. The first-order valence-corrected chi connectivity index (χ1v) is 12.8. The number of anilines is 2. The molecule has 1 N–H and O–H groups in total. The van der Waals surface area contributed by atoms with Gasteiger partial charge in [-0.2, -0.15) is 9.40 Å². The highest BCUT2D eigenvalue weighted by Crippen LogP contribution is 2.31. The average Bonchev–Trinajstić information content (AvgIpc) is 3.45. The molecule has 0 bridgehead atoms. The van der Waals surface area contributed by atoms with Crippen LogP contribution in [0.25, 0.3) is 5.69 Å². The summed E-state index contributed by atoms with van der Waals surface area (Å²) in [6, 6.07) is 11.8. The van der Waals surface area contributed by atoms with Crippen molar-refractivity contribution < 1.29 is 22.7 Å². The Kier molecular flexibility index (Phi) is 6.77. The van der Waals surface area contributed by atoms with Gasteiger partial charge in [-0.15, -0.1) is 0 Å². The van der Waals surface area contributed by atoms with Gasteiger partial charge in [-0.1, -0.05) is 0 Å². The van der Waals surface area contributed by atoms with Crippen molar-refractivity contribution >= 4 is 27.3 Å². The molecule has 2 aromatic carbocycles. The van der Waals surface area contributed by atoms with E-state index < -0.39 is 10.0 Å². The van der Waals surface area contributed by atoms with E-state index >= 15 is 0 Å². The van der Waals surface area contributed by atoms with Gasteiger partial charge in [-0.05, 0) is 42.5 Å². The number of nitrogens with one attached hydrogen (secondary N) is 1. The van der Waals surface area contributed by atoms with Gasteiger partial charge in [-0.3, -0.25) is 4.79 Å². The lowest BCUT2D eigenvalue weighted by Crippen LogP contribution is -2.40. The summed E-state index contributed by atoms with van der Waals surface area (Å²) >= 11 is 0. The van der Waals surface area contributed by atoms with E-state index in [1.165, 1.54) is 16.7 Å². The predicted molar refractivity (Wildman–Crippen MR) is 128 cm³/mol. The van der Waals surface area contributed by atoms with Gasteiger partial charge < -0.3 is 19.7 Å². The van der Waals surface area contributed by atoms with Crippen LogP contribution in [0.2, 0.25) is 0 Å². The largest absolute Gasteiger partial charge is 0.379 e. The maximum atomic E-state index is 13.2. The number of hydrogen-bond acceptors (Lipinski definition) is 8. The Bertz CT molecular complexity index is 1270. The first kappa shape index (κ1) is 23.4. The van der Waals surface area contributed by atoms with Gasteiger partial charge in [0, 0.05) is 31.7 Å². The summed E-state index contributed by atoms with van der Waals surface area (Å²) in [5.41, 5.74) is 2.39. The molecular formula is C23H26N6O5S. The van der Waals surface area contributed by atoms with E-state index in [1.54, 1.807) is 47.4 Å². The summed E-state index contributed by atoms with van der Waals surface area (Å²) in [6.07, 6.45) is 3.01. The summed E-state index contributed by atoms with van der Waals surface area (Å²) in [4.78, 5) is 19.3. The molecule has 3 heterocycles. The Morgan fingerprint density at radius 3 is 2.26 bits per heavy atom. The number of sulfonamides is 1. The van der Waals surface area contributed by atoms with Crippen LogP contribution in [0, 0.1) is 0 Å². The quantitative estimate of drug-likeness (QED) is 0.542. The van der Waals surface area contributed by atoms with E-state index in [0.29, 0.717) is 63.9 Å². The summed E-state index contributed by atoms with van der Waals surface area (Å²) in [5.74, 6) is -0.342. The fraction of sp³-hybridized carbons (Fsp3) is 0.348. The normalized spacial score (nSPS) is 17.3. The highest BCUT2D eigenvalue weighted by molar-refractivity contribution is 7.89. The zero-order valence-electron chi connectivity index (χ0n) is 19.0. The second-order valence-electron chi connectivity index (χ2n) is 8.14. The topological polar surface area (TPSA) is 119 Å². The maximum absolute atomic E-state index is 13.2. The molecule has 0 atom stereocenters. The molecule has 184 valence electrons.